The standard InChI is InChI=1S/C25H20F3N3O3/c1-14-8-10-17(11-9-14)24-31-20(16-6-4-3-5-7-16)21(34-24)23(33)29-15(2)18-12-13-19(25(26,27)28)30-22(18)32/h3-13,15H,1-2H3,(H,29,33)(H,30,32)/p-1/t15-/m1/s1. The van der Waals surface area contributed by atoms with Crippen LogP contribution in [0.2, 0.25) is 0 Å². The van der Waals surface area contributed by atoms with Gasteiger partial charge in [-0.1, -0.05) is 54.1 Å². The number of oxazole rings is 1. The maximum atomic E-state index is 13.1. The van der Waals surface area contributed by atoms with Gasteiger partial charge in [0.25, 0.3) is 5.91 Å². The van der Waals surface area contributed by atoms with Crippen LogP contribution in [0.15, 0.2) is 71.1 Å². The Bertz CT molecular complexity index is 1320. The highest BCUT2D eigenvalue weighted by atomic mass is 19.4. The lowest BCUT2D eigenvalue weighted by Gasteiger charge is -2.21. The number of aryl methyl sites for hydroxylation is 1. The van der Waals surface area contributed by atoms with E-state index in [0.717, 1.165) is 11.6 Å². The van der Waals surface area contributed by atoms with E-state index in [-0.39, 0.29) is 17.2 Å². The van der Waals surface area contributed by atoms with Gasteiger partial charge in [-0.05, 0) is 43.5 Å². The van der Waals surface area contributed by atoms with Gasteiger partial charge in [-0.15, -0.1) is 0 Å². The monoisotopic (exact) mass is 466 g/mol. The van der Waals surface area contributed by atoms with E-state index in [1.54, 1.807) is 24.3 Å². The fourth-order valence-corrected chi connectivity index (χ4v) is 3.36. The summed E-state index contributed by atoms with van der Waals surface area (Å²) in [5, 5.41) is 14.8. The van der Waals surface area contributed by atoms with Crippen molar-refractivity contribution in [3.8, 4) is 28.6 Å². The molecule has 0 radical (unpaired) electrons. The van der Waals surface area contributed by atoms with Crippen LogP contribution in [-0.4, -0.2) is 15.9 Å². The second kappa shape index (κ2) is 9.01. The number of hydrogen-bond acceptors (Lipinski definition) is 5. The van der Waals surface area contributed by atoms with Gasteiger partial charge in [0.1, 0.15) is 11.4 Å². The normalized spacial score (nSPS) is 12.4. The highest BCUT2D eigenvalue weighted by Crippen LogP contribution is 2.32. The van der Waals surface area contributed by atoms with Gasteiger partial charge >= 0.3 is 6.18 Å². The van der Waals surface area contributed by atoms with Gasteiger partial charge in [-0.2, -0.15) is 13.2 Å². The van der Waals surface area contributed by atoms with E-state index in [1.807, 2.05) is 37.3 Å². The molecule has 0 saturated heterocycles. The Balaban J connectivity index is 1.66. The summed E-state index contributed by atoms with van der Waals surface area (Å²) in [5.74, 6) is -1.58. The molecule has 0 spiro atoms. The van der Waals surface area contributed by atoms with Gasteiger partial charge in [0.2, 0.25) is 11.7 Å². The Kier molecular flexibility index (Phi) is 6.10. The predicted molar refractivity (Wildman–Crippen MR) is 117 cm³/mol. The van der Waals surface area contributed by atoms with Crippen LogP contribution < -0.4 is 10.4 Å². The maximum absolute atomic E-state index is 13.1. The Morgan fingerprint density at radius 2 is 1.65 bits per heavy atom. The van der Waals surface area contributed by atoms with Crippen LogP contribution in [0.3, 0.4) is 0 Å². The quantitative estimate of drug-likeness (QED) is 0.431. The molecule has 4 aromatic rings. The molecular formula is C25H19F3N3O3-. The molecule has 1 amide bonds. The van der Waals surface area contributed by atoms with E-state index >= 15 is 0 Å². The zero-order valence-corrected chi connectivity index (χ0v) is 18.2. The molecule has 0 unspecified atom stereocenters. The second-order valence-corrected chi connectivity index (χ2v) is 7.71. The van der Waals surface area contributed by atoms with Crippen molar-refractivity contribution >= 4 is 5.91 Å². The lowest BCUT2D eigenvalue weighted by Crippen LogP contribution is -2.28. The molecule has 9 heteroatoms. The number of benzene rings is 2. The number of hydrogen-bond donors (Lipinski definition) is 1. The molecule has 6 nitrogen and oxygen atoms in total. The van der Waals surface area contributed by atoms with Crippen molar-refractivity contribution in [3.63, 3.8) is 0 Å². The number of carbonyl (C=O) groups is 1. The summed E-state index contributed by atoms with van der Waals surface area (Å²) in [6, 6.07) is 17.1. The third-order valence-electron chi connectivity index (χ3n) is 5.17. The van der Waals surface area contributed by atoms with Crippen molar-refractivity contribution in [3.05, 3.63) is 89.3 Å². The third-order valence-corrected chi connectivity index (χ3v) is 5.17. The van der Waals surface area contributed by atoms with Crippen LogP contribution in [0.1, 0.15) is 40.3 Å². The third kappa shape index (κ3) is 4.78. The van der Waals surface area contributed by atoms with Crippen LogP contribution in [0, 0.1) is 6.92 Å². The number of pyridine rings is 1. The summed E-state index contributed by atoms with van der Waals surface area (Å²) in [6.07, 6.45) is -4.74. The maximum Gasteiger partial charge on any atom is 0.433 e. The van der Waals surface area contributed by atoms with Crippen LogP contribution in [0.25, 0.3) is 22.7 Å². The number of alkyl halides is 3. The van der Waals surface area contributed by atoms with Crippen molar-refractivity contribution in [2.45, 2.75) is 26.1 Å². The first-order chi connectivity index (χ1) is 16.1. The lowest BCUT2D eigenvalue weighted by atomic mass is 10.1. The molecule has 0 saturated carbocycles. The molecule has 1 N–H and O–H groups in total. The Labute approximate surface area is 193 Å². The van der Waals surface area contributed by atoms with Crippen LogP contribution >= 0.6 is 0 Å². The molecule has 4 rings (SSSR count). The number of nitrogens with one attached hydrogen (secondary N) is 1. The first-order valence-corrected chi connectivity index (χ1v) is 10.3. The van der Waals surface area contributed by atoms with E-state index in [2.05, 4.69) is 15.3 Å². The van der Waals surface area contributed by atoms with Gasteiger partial charge in [-0.3, -0.25) is 9.78 Å². The van der Waals surface area contributed by atoms with Gasteiger partial charge in [-0.25, -0.2) is 4.98 Å². The number of rotatable bonds is 5. The van der Waals surface area contributed by atoms with Crippen LogP contribution in [0.4, 0.5) is 13.2 Å². The van der Waals surface area contributed by atoms with Crippen molar-refractivity contribution in [2.75, 3.05) is 0 Å². The summed E-state index contributed by atoms with van der Waals surface area (Å²) in [5.41, 5.74) is 1.29. The zero-order valence-electron chi connectivity index (χ0n) is 18.2. The Morgan fingerprint density at radius 3 is 2.26 bits per heavy atom. The van der Waals surface area contributed by atoms with E-state index in [4.69, 9.17) is 4.42 Å². The zero-order chi connectivity index (χ0) is 24.5. The molecule has 1 atom stereocenters. The molecule has 0 aliphatic rings. The molecule has 0 fully saturated rings. The highest BCUT2D eigenvalue weighted by Gasteiger charge is 2.32. The summed E-state index contributed by atoms with van der Waals surface area (Å²) in [7, 11) is 0. The van der Waals surface area contributed by atoms with Crippen LogP contribution in [0.5, 0.6) is 5.88 Å². The first-order valence-electron chi connectivity index (χ1n) is 10.3. The highest BCUT2D eigenvalue weighted by molar-refractivity contribution is 5.98. The Hall–Kier alpha value is -4.14. The van der Waals surface area contributed by atoms with Gasteiger partial charge in [0.15, 0.2) is 0 Å². The van der Waals surface area contributed by atoms with Crippen molar-refractivity contribution < 1.29 is 27.5 Å². The molecule has 34 heavy (non-hydrogen) atoms. The fraction of sp³-hybridized carbons (Fsp3) is 0.160. The topological polar surface area (TPSA) is 91.1 Å². The van der Waals surface area contributed by atoms with Gasteiger partial charge in [0.05, 0.1) is 6.04 Å². The number of aromatic nitrogens is 2. The number of nitrogens with zero attached hydrogens (tertiary/aromatic N) is 2. The average molecular weight is 466 g/mol. The largest absolute Gasteiger partial charge is 0.858 e. The lowest BCUT2D eigenvalue weighted by molar-refractivity contribution is -0.277. The minimum atomic E-state index is -4.74. The average Bonchev–Trinajstić information content (AvgIpc) is 3.25. The summed E-state index contributed by atoms with van der Waals surface area (Å²) >= 11 is 0. The number of halogens is 3. The molecule has 0 aliphatic carbocycles. The molecule has 2 heterocycles. The summed E-state index contributed by atoms with van der Waals surface area (Å²) in [4.78, 5) is 20.7. The van der Waals surface area contributed by atoms with E-state index in [0.29, 0.717) is 22.9 Å². The first kappa shape index (κ1) is 23.0. The van der Waals surface area contributed by atoms with Gasteiger partial charge < -0.3 is 14.8 Å². The van der Waals surface area contributed by atoms with Crippen LogP contribution in [-0.2, 0) is 6.18 Å². The summed E-state index contributed by atoms with van der Waals surface area (Å²) in [6.45, 7) is 3.42. The minimum absolute atomic E-state index is 0.0825. The number of carbonyl (C=O) groups excluding carboxylic acids is 1. The Morgan fingerprint density at radius 1 is 0.971 bits per heavy atom. The van der Waals surface area contributed by atoms with Crippen molar-refractivity contribution in [1.29, 1.82) is 0 Å². The molecule has 0 bridgehead atoms. The molecular weight excluding hydrogens is 447 g/mol. The van der Waals surface area contributed by atoms with Gasteiger partial charge in [0, 0.05) is 11.1 Å². The molecule has 2 aromatic heterocycles. The summed E-state index contributed by atoms with van der Waals surface area (Å²) < 4.78 is 44.3. The van der Waals surface area contributed by atoms with E-state index in [1.165, 1.54) is 6.92 Å². The number of amides is 1. The minimum Gasteiger partial charge on any atom is -0.858 e. The van der Waals surface area contributed by atoms with E-state index < -0.39 is 29.7 Å². The SMILES string of the molecule is Cc1ccc(-c2nc(-c3ccccc3)c(C(=O)N[C@H](C)c3ccc(C(F)(F)F)nc3[O-])o2)cc1. The smallest absolute Gasteiger partial charge is 0.433 e. The van der Waals surface area contributed by atoms with Crippen molar-refractivity contribution in [1.82, 2.24) is 15.3 Å². The fourth-order valence-electron chi connectivity index (χ4n) is 3.36. The van der Waals surface area contributed by atoms with Crippen molar-refractivity contribution in [2.24, 2.45) is 0 Å². The molecule has 174 valence electrons. The predicted octanol–water partition coefficient (Wildman–Crippen LogP) is 5.30. The molecule has 0 aliphatic heterocycles. The van der Waals surface area contributed by atoms with E-state index in [9.17, 15) is 23.1 Å². The molecule has 2 aromatic carbocycles. The second-order valence-electron chi connectivity index (χ2n) is 7.71.